The van der Waals surface area contributed by atoms with Gasteiger partial charge in [-0.25, -0.2) is 8.42 Å². The lowest BCUT2D eigenvalue weighted by atomic mass is 9.97. The first kappa shape index (κ1) is 22.6. The van der Waals surface area contributed by atoms with Crippen LogP contribution < -0.4 is 5.32 Å². The summed E-state index contributed by atoms with van der Waals surface area (Å²) in [5.41, 5.74) is 1.06. The van der Waals surface area contributed by atoms with Crippen LogP contribution in [0.5, 0.6) is 0 Å². The Balaban J connectivity index is 1.85. The number of aliphatic hydroxyl groups is 1. The number of sulfonamides is 1. The zero-order chi connectivity index (χ0) is 22.1. The summed E-state index contributed by atoms with van der Waals surface area (Å²) in [4.78, 5) is 27.0. The fraction of sp³-hybridized carbons (Fsp3) is 0.500. The Bertz CT molecular complexity index is 971. The van der Waals surface area contributed by atoms with Gasteiger partial charge in [-0.1, -0.05) is 11.6 Å². The Labute approximate surface area is 181 Å². The van der Waals surface area contributed by atoms with Gasteiger partial charge in [-0.05, 0) is 55.9 Å². The van der Waals surface area contributed by atoms with Crippen molar-refractivity contribution in [1.82, 2.24) is 14.5 Å². The van der Waals surface area contributed by atoms with E-state index in [0.717, 1.165) is 4.31 Å². The number of amides is 2. The Morgan fingerprint density at radius 3 is 2.53 bits per heavy atom. The van der Waals surface area contributed by atoms with E-state index in [4.69, 9.17) is 11.6 Å². The van der Waals surface area contributed by atoms with Crippen molar-refractivity contribution < 1.29 is 23.1 Å². The van der Waals surface area contributed by atoms with E-state index >= 15 is 0 Å². The molecule has 10 heteroatoms. The summed E-state index contributed by atoms with van der Waals surface area (Å²) < 4.78 is 27.7. The fourth-order valence-electron chi connectivity index (χ4n) is 3.74. The summed E-state index contributed by atoms with van der Waals surface area (Å²) in [5.74, 6) is -0.669. The minimum Gasteiger partial charge on any atom is -0.396 e. The molecule has 1 saturated heterocycles. The quantitative estimate of drug-likeness (QED) is 0.700. The van der Waals surface area contributed by atoms with Crippen LogP contribution in [0.2, 0.25) is 5.02 Å². The number of carbonyl (C=O) groups is 2. The molecular formula is C20H26ClN3O5S. The van der Waals surface area contributed by atoms with Gasteiger partial charge >= 0.3 is 0 Å². The molecule has 1 aromatic rings. The second-order valence-corrected chi connectivity index (χ2v) is 9.97. The Morgan fingerprint density at radius 1 is 1.23 bits per heavy atom. The van der Waals surface area contributed by atoms with Gasteiger partial charge < -0.3 is 15.3 Å². The average Bonchev–Trinajstić information content (AvgIpc) is 2.71. The van der Waals surface area contributed by atoms with Gasteiger partial charge in [-0.3, -0.25) is 13.9 Å². The lowest BCUT2D eigenvalue weighted by molar-refractivity contribution is -0.137. The third kappa shape index (κ3) is 4.48. The zero-order valence-electron chi connectivity index (χ0n) is 17.0. The van der Waals surface area contributed by atoms with E-state index in [0.29, 0.717) is 42.1 Å². The summed E-state index contributed by atoms with van der Waals surface area (Å²) >= 11 is 6.10. The van der Waals surface area contributed by atoms with E-state index in [-0.39, 0.29) is 29.7 Å². The number of likely N-dealkylation sites (tertiary alicyclic amines) is 1. The lowest BCUT2D eigenvalue weighted by Crippen LogP contribution is -2.52. The minimum absolute atomic E-state index is 0.0463. The topological polar surface area (TPSA) is 107 Å². The van der Waals surface area contributed by atoms with Crippen molar-refractivity contribution >= 4 is 33.4 Å². The van der Waals surface area contributed by atoms with Gasteiger partial charge in [0, 0.05) is 37.1 Å². The number of hydrogen-bond donors (Lipinski definition) is 2. The van der Waals surface area contributed by atoms with Gasteiger partial charge in [0.15, 0.2) is 0 Å². The van der Waals surface area contributed by atoms with Gasteiger partial charge in [0.25, 0.3) is 10.0 Å². The van der Waals surface area contributed by atoms with E-state index in [1.54, 1.807) is 24.8 Å². The van der Waals surface area contributed by atoms with Gasteiger partial charge in [0.1, 0.15) is 6.04 Å². The Kier molecular flexibility index (Phi) is 6.74. The molecule has 1 atom stereocenters. The molecule has 2 aliphatic rings. The number of piperidine rings is 1. The molecular weight excluding hydrogens is 430 g/mol. The number of rotatable bonds is 5. The average molecular weight is 456 g/mol. The van der Waals surface area contributed by atoms with Crippen molar-refractivity contribution in [3.63, 3.8) is 0 Å². The molecule has 0 saturated carbocycles. The van der Waals surface area contributed by atoms with Gasteiger partial charge in [-0.15, -0.1) is 0 Å². The maximum Gasteiger partial charge on any atom is 0.264 e. The molecule has 0 aliphatic carbocycles. The second kappa shape index (κ2) is 8.95. The molecule has 0 radical (unpaired) electrons. The summed E-state index contributed by atoms with van der Waals surface area (Å²) in [6, 6.07) is 1.87. The molecule has 2 aliphatic heterocycles. The minimum atomic E-state index is -4.08. The van der Waals surface area contributed by atoms with Crippen LogP contribution in [0.15, 0.2) is 29.4 Å². The van der Waals surface area contributed by atoms with E-state index < -0.39 is 22.0 Å². The van der Waals surface area contributed by atoms with Crippen molar-refractivity contribution in [2.75, 3.05) is 19.7 Å². The molecule has 2 N–H and O–H groups in total. The highest BCUT2D eigenvalue weighted by Crippen LogP contribution is 2.29. The predicted octanol–water partition coefficient (Wildman–Crippen LogP) is 1.54. The smallest absolute Gasteiger partial charge is 0.264 e. The highest BCUT2D eigenvalue weighted by molar-refractivity contribution is 7.89. The SMILES string of the molecule is Cc1cc(S(=O)(=O)N2C=CNC(=O)[C@H]2CC(=O)N2CCC(CO)CC2)c(C)cc1Cl. The first-order valence-electron chi connectivity index (χ1n) is 9.81. The first-order valence-corrected chi connectivity index (χ1v) is 11.6. The maximum atomic E-state index is 13.4. The molecule has 1 fully saturated rings. The van der Waals surface area contributed by atoms with Crippen molar-refractivity contribution in [1.29, 1.82) is 0 Å². The molecule has 164 valence electrons. The first-order chi connectivity index (χ1) is 14.1. The van der Waals surface area contributed by atoms with Gasteiger partial charge in [0.05, 0.1) is 11.3 Å². The van der Waals surface area contributed by atoms with Gasteiger partial charge in [0.2, 0.25) is 11.8 Å². The molecule has 8 nitrogen and oxygen atoms in total. The number of nitrogens with zero attached hydrogens (tertiary/aromatic N) is 2. The van der Waals surface area contributed by atoms with Crippen LogP contribution in [-0.4, -0.2) is 60.3 Å². The van der Waals surface area contributed by atoms with E-state index in [2.05, 4.69) is 5.32 Å². The number of hydrogen-bond acceptors (Lipinski definition) is 5. The van der Waals surface area contributed by atoms with Crippen LogP contribution in [-0.2, 0) is 19.6 Å². The lowest BCUT2D eigenvalue weighted by Gasteiger charge is -2.35. The van der Waals surface area contributed by atoms with Crippen LogP contribution in [0.4, 0.5) is 0 Å². The number of nitrogens with one attached hydrogen (secondary N) is 1. The van der Waals surface area contributed by atoms with E-state index in [9.17, 15) is 23.1 Å². The summed E-state index contributed by atoms with van der Waals surface area (Å²) in [7, 11) is -4.08. The number of carbonyl (C=O) groups excluding carboxylic acids is 2. The summed E-state index contributed by atoms with van der Waals surface area (Å²) in [6.07, 6.45) is 3.64. The normalized spacial score (nSPS) is 20.4. The molecule has 2 heterocycles. The molecule has 3 rings (SSSR count). The Hall–Kier alpha value is -2.10. The second-order valence-electron chi connectivity index (χ2n) is 7.75. The summed E-state index contributed by atoms with van der Waals surface area (Å²) in [5, 5.41) is 12.2. The van der Waals surface area contributed by atoms with Crippen LogP contribution in [0.25, 0.3) is 0 Å². The maximum absolute atomic E-state index is 13.4. The molecule has 0 aromatic heterocycles. The zero-order valence-corrected chi connectivity index (χ0v) is 18.5. The highest BCUT2D eigenvalue weighted by atomic mass is 35.5. The number of aliphatic hydroxyl groups excluding tert-OH is 1. The molecule has 0 spiro atoms. The van der Waals surface area contributed by atoms with Crippen molar-refractivity contribution in [3.8, 4) is 0 Å². The van der Waals surface area contributed by atoms with Crippen molar-refractivity contribution in [2.24, 2.45) is 5.92 Å². The standard InChI is InChI=1S/C20H26ClN3O5S/c1-13-10-18(14(2)9-16(13)21)30(28,29)24-8-5-22-20(27)17(24)11-19(26)23-6-3-15(12-25)4-7-23/h5,8-10,15,17,25H,3-4,6-7,11-12H2,1-2H3,(H,22,27)/t17-/m1/s1. The third-order valence-corrected chi connectivity index (χ3v) is 8.00. The predicted molar refractivity (Wildman–Crippen MR) is 112 cm³/mol. The summed E-state index contributed by atoms with van der Waals surface area (Å²) in [6.45, 7) is 4.39. The van der Waals surface area contributed by atoms with Crippen LogP contribution in [0.1, 0.15) is 30.4 Å². The Morgan fingerprint density at radius 2 is 1.90 bits per heavy atom. The van der Waals surface area contributed by atoms with Crippen molar-refractivity contribution in [2.45, 2.75) is 44.0 Å². The number of halogens is 1. The number of aryl methyl sites for hydroxylation is 2. The molecule has 0 bridgehead atoms. The molecule has 30 heavy (non-hydrogen) atoms. The molecule has 0 unspecified atom stereocenters. The van der Waals surface area contributed by atoms with E-state index in [1.165, 1.54) is 18.5 Å². The largest absolute Gasteiger partial charge is 0.396 e. The molecule has 1 aromatic carbocycles. The van der Waals surface area contributed by atoms with Crippen molar-refractivity contribution in [3.05, 3.63) is 40.7 Å². The number of benzene rings is 1. The van der Waals surface area contributed by atoms with Gasteiger partial charge in [-0.2, -0.15) is 0 Å². The fourth-order valence-corrected chi connectivity index (χ4v) is 5.71. The molecule has 2 amide bonds. The highest BCUT2D eigenvalue weighted by Gasteiger charge is 2.39. The van der Waals surface area contributed by atoms with Crippen LogP contribution in [0, 0.1) is 19.8 Å². The van der Waals surface area contributed by atoms with Crippen LogP contribution in [0.3, 0.4) is 0 Å². The van der Waals surface area contributed by atoms with E-state index in [1.807, 2.05) is 0 Å². The van der Waals surface area contributed by atoms with Crippen LogP contribution >= 0.6 is 11.6 Å². The monoisotopic (exact) mass is 455 g/mol. The third-order valence-electron chi connectivity index (χ3n) is 5.66.